The summed E-state index contributed by atoms with van der Waals surface area (Å²) < 4.78 is 12.4. The number of alkyl halides is 1. The molecule has 0 amide bonds. The number of anilines is 1. The first-order valence-electron chi connectivity index (χ1n) is 7.51. The van der Waals surface area contributed by atoms with Crippen molar-refractivity contribution in [2.24, 2.45) is 0 Å². The second-order valence-electron chi connectivity index (χ2n) is 5.43. The molecule has 0 aliphatic rings. The van der Waals surface area contributed by atoms with Gasteiger partial charge in [-0.25, -0.2) is 9.37 Å². The minimum atomic E-state index is -0.355. The molecule has 0 atom stereocenters. The van der Waals surface area contributed by atoms with E-state index in [4.69, 9.17) is 0 Å². The van der Waals surface area contributed by atoms with Crippen LogP contribution in [0.2, 0.25) is 0 Å². The van der Waals surface area contributed by atoms with E-state index in [1.54, 1.807) is 6.20 Å². The molecule has 2 heterocycles. The Morgan fingerprint density at radius 2 is 1.96 bits per heavy atom. The van der Waals surface area contributed by atoms with Gasteiger partial charge in [0.15, 0.2) is 0 Å². The molecule has 1 N–H and O–H groups in total. The monoisotopic (exact) mass is 307 g/mol. The summed E-state index contributed by atoms with van der Waals surface area (Å²) in [5.74, 6) is 6.33. The third kappa shape index (κ3) is 3.19. The highest BCUT2D eigenvalue weighted by molar-refractivity contribution is 5.82. The highest BCUT2D eigenvalue weighted by atomic mass is 19.1. The van der Waals surface area contributed by atoms with Gasteiger partial charge in [0, 0.05) is 36.4 Å². The van der Waals surface area contributed by atoms with Gasteiger partial charge in [0.1, 0.15) is 12.3 Å². The van der Waals surface area contributed by atoms with Crippen molar-refractivity contribution in [3.8, 4) is 11.8 Å². The fraction of sp³-hybridized carbons (Fsp3) is 0.211. The van der Waals surface area contributed by atoms with Crippen molar-refractivity contribution in [1.82, 2.24) is 9.97 Å². The molecule has 1 aromatic carbocycles. The van der Waals surface area contributed by atoms with Crippen LogP contribution >= 0.6 is 0 Å². The number of fused-ring (bicyclic) bond motifs is 1. The molecule has 0 radical (unpaired) electrons. The molecular formula is C19H18FN3. The van der Waals surface area contributed by atoms with Crippen LogP contribution in [0.5, 0.6) is 0 Å². The summed E-state index contributed by atoms with van der Waals surface area (Å²) in [4.78, 5) is 9.43. The molecule has 0 spiro atoms. The number of hydrogen-bond donors (Lipinski definition) is 1. The summed E-state index contributed by atoms with van der Waals surface area (Å²) in [6.45, 7) is 2.08. The van der Waals surface area contributed by atoms with Gasteiger partial charge in [-0.2, -0.15) is 0 Å². The molecule has 4 heteroatoms. The van der Waals surface area contributed by atoms with Crippen LogP contribution in [0, 0.1) is 18.8 Å². The van der Waals surface area contributed by atoms with Crippen molar-refractivity contribution in [2.75, 3.05) is 25.2 Å². The zero-order valence-electron chi connectivity index (χ0n) is 13.2. The molecule has 3 nitrogen and oxygen atoms in total. The van der Waals surface area contributed by atoms with Crippen molar-refractivity contribution in [3.63, 3.8) is 0 Å². The topological polar surface area (TPSA) is 31.9 Å². The predicted octanol–water partition coefficient (Wildman–Crippen LogP) is 3.68. The smallest absolute Gasteiger partial charge is 0.138 e. The highest BCUT2D eigenvalue weighted by Gasteiger charge is 2.05. The average molecular weight is 307 g/mol. The SMILES string of the molecule is Cc1c(C#Cc2ccc(N(C)CCF)cc2)[nH]c2ncccc12. The van der Waals surface area contributed by atoms with E-state index in [9.17, 15) is 4.39 Å². The Kier molecular flexibility index (Phi) is 4.29. The molecule has 3 rings (SSSR count). The second kappa shape index (κ2) is 6.53. The number of pyridine rings is 1. The van der Waals surface area contributed by atoms with E-state index < -0.39 is 0 Å². The summed E-state index contributed by atoms with van der Waals surface area (Å²) in [7, 11) is 1.88. The Balaban J connectivity index is 1.84. The van der Waals surface area contributed by atoms with Gasteiger partial charge < -0.3 is 9.88 Å². The Bertz CT molecular complexity index is 869. The van der Waals surface area contributed by atoms with Crippen LogP contribution in [0.25, 0.3) is 11.0 Å². The predicted molar refractivity (Wildman–Crippen MR) is 92.5 cm³/mol. The zero-order valence-corrected chi connectivity index (χ0v) is 13.2. The van der Waals surface area contributed by atoms with Crippen molar-refractivity contribution in [2.45, 2.75) is 6.92 Å². The van der Waals surface area contributed by atoms with Crippen molar-refractivity contribution >= 4 is 16.7 Å². The number of halogens is 1. The number of nitrogens with zero attached hydrogens (tertiary/aromatic N) is 2. The lowest BCUT2D eigenvalue weighted by Gasteiger charge is -2.16. The van der Waals surface area contributed by atoms with Gasteiger partial charge in [-0.15, -0.1) is 0 Å². The van der Waals surface area contributed by atoms with Gasteiger partial charge in [0.2, 0.25) is 0 Å². The Hall–Kier alpha value is -2.80. The van der Waals surface area contributed by atoms with Crippen LogP contribution in [0.3, 0.4) is 0 Å². The van der Waals surface area contributed by atoms with E-state index >= 15 is 0 Å². The summed E-state index contributed by atoms with van der Waals surface area (Å²) in [5.41, 5.74) is 4.77. The molecule has 116 valence electrons. The zero-order chi connectivity index (χ0) is 16.2. The van der Waals surface area contributed by atoms with Gasteiger partial charge in [0.05, 0.1) is 5.69 Å². The Morgan fingerprint density at radius 1 is 1.17 bits per heavy atom. The summed E-state index contributed by atoms with van der Waals surface area (Å²) in [5, 5.41) is 1.10. The first-order chi connectivity index (χ1) is 11.2. The van der Waals surface area contributed by atoms with Crippen LogP contribution < -0.4 is 4.90 Å². The van der Waals surface area contributed by atoms with Crippen molar-refractivity contribution < 1.29 is 4.39 Å². The number of aryl methyl sites for hydroxylation is 1. The molecular weight excluding hydrogens is 289 g/mol. The number of H-pyrrole nitrogens is 1. The molecule has 23 heavy (non-hydrogen) atoms. The lowest BCUT2D eigenvalue weighted by atomic mass is 10.1. The van der Waals surface area contributed by atoms with Crippen LogP contribution in [0.15, 0.2) is 42.6 Å². The third-order valence-corrected chi connectivity index (χ3v) is 3.89. The van der Waals surface area contributed by atoms with Gasteiger partial charge in [-0.3, -0.25) is 0 Å². The first-order valence-corrected chi connectivity index (χ1v) is 7.51. The van der Waals surface area contributed by atoms with E-state index in [0.29, 0.717) is 6.54 Å². The number of aromatic amines is 1. The van der Waals surface area contributed by atoms with E-state index in [-0.39, 0.29) is 6.67 Å². The number of benzene rings is 1. The normalized spacial score (nSPS) is 10.4. The van der Waals surface area contributed by atoms with Crippen LogP contribution in [-0.2, 0) is 0 Å². The van der Waals surface area contributed by atoms with Gasteiger partial charge in [-0.1, -0.05) is 5.92 Å². The largest absolute Gasteiger partial charge is 0.372 e. The molecule has 0 fully saturated rings. The minimum Gasteiger partial charge on any atom is -0.372 e. The molecule has 0 aliphatic carbocycles. The number of aromatic nitrogens is 2. The summed E-state index contributed by atoms with van der Waals surface area (Å²) in [6, 6.07) is 11.8. The van der Waals surface area contributed by atoms with Crippen LogP contribution in [-0.4, -0.2) is 30.2 Å². The van der Waals surface area contributed by atoms with Gasteiger partial charge in [-0.05, 0) is 54.8 Å². The third-order valence-electron chi connectivity index (χ3n) is 3.89. The lowest BCUT2D eigenvalue weighted by Crippen LogP contribution is -2.19. The summed E-state index contributed by atoms with van der Waals surface area (Å²) >= 11 is 0. The first kappa shape index (κ1) is 15.1. The van der Waals surface area contributed by atoms with E-state index in [0.717, 1.165) is 33.5 Å². The number of hydrogen-bond acceptors (Lipinski definition) is 2. The molecule has 3 aromatic rings. The molecule has 0 aliphatic heterocycles. The maximum atomic E-state index is 12.4. The van der Waals surface area contributed by atoms with Crippen molar-refractivity contribution in [3.05, 3.63) is 59.4 Å². The Morgan fingerprint density at radius 3 is 2.65 bits per heavy atom. The van der Waals surface area contributed by atoms with E-state index in [2.05, 4.69) is 21.8 Å². The molecule has 0 bridgehead atoms. The molecule has 0 saturated heterocycles. The summed E-state index contributed by atoms with van der Waals surface area (Å²) in [6.07, 6.45) is 1.77. The van der Waals surface area contributed by atoms with Crippen LogP contribution in [0.4, 0.5) is 10.1 Å². The van der Waals surface area contributed by atoms with Crippen LogP contribution in [0.1, 0.15) is 16.8 Å². The number of rotatable bonds is 3. The average Bonchev–Trinajstić information content (AvgIpc) is 2.90. The quantitative estimate of drug-likeness (QED) is 0.749. The van der Waals surface area contributed by atoms with Gasteiger partial charge in [0.25, 0.3) is 0 Å². The fourth-order valence-electron chi connectivity index (χ4n) is 2.47. The molecule has 0 saturated carbocycles. The lowest BCUT2D eigenvalue weighted by molar-refractivity contribution is 0.497. The van der Waals surface area contributed by atoms with Crippen molar-refractivity contribution in [1.29, 1.82) is 0 Å². The molecule has 2 aromatic heterocycles. The maximum Gasteiger partial charge on any atom is 0.138 e. The second-order valence-corrected chi connectivity index (χ2v) is 5.43. The Labute approximate surface area is 135 Å². The minimum absolute atomic E-state index is 0.355. The van der Waals surface area contributed by atoms with Gasteiger partial charge >= 0.3 is 0 Å². The van der Waals surface area contributed by atoms with E-state index in [1.165, 1.54) is 0 Å². The maximum absolute atomic E-state index is 12.4. The highest BCUT2D eigenvalue weighted by Crippen LogP contribution is 2.19. The fourth-order valence-corrected chi connectivity index (χ4v) is 2.47. The standard InChI is InChI=1S/C19H18FN3/c1-14-17-4-3-12-21-19(17)22-18(14)10-7-15-5-8-16(9-6-15)23(2)13-11-20/h3-6,8-9,12H,11,13H2,1-2H3,(H,21,22). The molecule has 0 unspecified atom stereocenters. The number of nitrogens with one attached hydrogen (secondary N) is 1. The van der Waals surface area contributed by atoms with E-state index in [1.807, 2.05) is 55.3 Å².